The first-order chi connectivity index (χ1) is 12.2. The van der Waals surface area contributed by atoms with Crippen LogP contribution in [0.1, 0.15) is 29.2 Å². The fourth-order valence-electron chi connectivity index (χ4n) is 3.49. The molecular formula is C17H20FN5O2. The maximum Gasteiger partial charge on any atom is 0.269 e. The van der Waals surface area contributed by atoms with Gasteiger partial charge in [-0.05, 0) is 25.0 Å². The number of pyridine rings is 1. The van der Waals surface area contributed by atoms with E-state index >= 15 is 0 Å². The van der Waals surface area contributed by atoms with Gasteiger partial charge in [0.2, 0.25) is 5.95 Å². The van der Waals surface area contributed by atoms with E-state index in [1.165, 1.54) is 6.07 Å². The van der Waals surface area contributed by atoms with Crippen molar-refractivity contribution in [3.8, 4) is 0 Å². The number of ether oxygens (including phenoxy) is 1. The number of fused-ring (bicyclic) bond motifs is 1. The standard InChI is InChI=1S/C17H20FN5O2/c18-14-4-1-5-15(21-14)22-6-2-3-12(22)9-20-17(24)13-10-19-16-11-25-8-7-23(13)16/h1,4-5,10,12H,2-3,6-9,11H2,(H,20,24). The molecule has 2 aromatic rings. The largest absolute Gasteiger partial charge is 0.372 e. The van der Waals surface area contributed by atoms with Crippen LogP contribution in [0.4, 0.5) is 10.2 Å². The number of halogens is 1. The number of anilines is 1. The molecule has 4 rings (SSSR count). The van der Waals surface area contributed by atoms with Gasteiger partial charge in [-0.3, -0.25) is 4.79 Å². The van der Waals surface area contributed by atoms with Gasteiger partial charge >= 0.3 is 0 Å². The molecule has 2 aliphatic heterocycles. The molecule has 0 radical (unpaired) electrons. The Morgan fingerprint density at radius 3 is 3.20 bits per heavy atom. The van der Waals surface area contributed by atoms with Gasteiger partial charge in [0.05, 0.1) is 12.8 Å². The van der Waals surface area contributed by atoms with Gasteiger partial charge in [-0.2, -0.15) is 4.39 Å². The van der Waals surface area contributed by atoms with Crippen molar-refractivity contribution in [2.24, 2.45) is 0 Å². The Morgan fingerprint density at radius 1 is 1.40 bits per heavy atom. The molecule has 1 amide bonds. The summed E-state index contributed by atoms with van der Waals surface area (Å²) in [6.07, 6.45) is 3.54. The first-order valence-corrected chi connectivity index (χ1v) is 8.52. The molecule has 0 saturated carbocycles. The van der Waals surface area contributed by atoms with Crippen LogP contribution >= 0.6 is 0 Å². The minimum absolute atomic E-state index is 0.116. The second-order valence-electron chi connectivity index (χ2n) is 6.28. The fourth-order valence-corrected chi connectivity index (χ4v) is 3.49. The summed E-state index contributed by atoms with van der Waals surface area (Å²) in [6, 6.07) is 4.91. The summed E-state index contributed by atoms with van der Waals surface area (Å²) < 4.78 is 20.6. The predicted octanol–water partition coefficient (Wildman–Crippen LogP) is 1.35. The molecule has 0 aliphatic carbocycles. The van der Waals surface area contributed by atoms with E-state index in [4.69, 9.17) is 4.74 Å². The van der Waals surface area contributed by atoms with Crippen molar-refractivity contribution in [3.63, 3.8) is 0 Å². The van der Waals surface area contributed by atoms with Crippen molar-refractivity contribution >= 4 is 11.7 Å². The van der Waals surface area contributed by atoms with Crippen LogP contribution in [0.2, 0.25) is 0 Å². The van der Waals surface area contributed by atoms with Gasteiger partial charge in [-0.25, -0.2) is 9.97 Å². The quantitative estimate of drug-likeness (QED) is 0.847. The minimum atomic E-state index is -0.486. The third-order valence-electron chi connectivity index (χ3n) is 4.73. The van der Waals surface area contributed by atoms with Crippen molar-refractivity contribution in [3.05, 3.63) is 41.9 Å². The van der Waals surface area contributed by atoms with E-state index in [-0.39, 0.29) is 11.9 Å². The second-order valence-corrected chi connectivity index (χ2v) is 6.28. The van der Waals surface area contributed by atoms with Gasteiger partial charge < -0.3 is 19.5 Å². The smallest absolute Gasteiger partial charge is 0.269 e. The number of hydrogen-bond acceptors (Lipinski definition) is 5. The number of nitrogens with one attached hydrogen (secondary N) is 1. The van der Waals surface area contributed by atoms with Crippen molar-refractivity contribution in [2.45, 2.75) is 32.0 Å². The van der Waals surface area contributed by atoms with Crippen molar-refractivity contribution in [1.82, 2.24) is 19.9 Å². The van der Waals surface area contributed by atoms with Gasteiger partial charge in [0.15, 0.2) is 0 Å². The molecule has 1 unspecified atom stereocenters. The van der Waals surface area contributed by atoms with Crippen LogP contribution in [0.25, 0.3) is 0 Å². The SMILES string of the molecule is O=C(NCC1CCCN1c1cccc(F)n1)c1cnc2n1CCOC2. The van der Waals surface area contributed by atoms with E-state index in [0.717, 1.165) is 25.2 Å². The van der Waals surface area contributed by atoms with Gasteiger partial charge in [0.1, 0.15) is 23.9 Å². The molecule has 2 aliphatic rings. The predicted molar refractivity (Wildman–Crippen MR) is 88.8 cm³/mol. The average molecular weight is 345 g/mol. The molecule has 2 aromatic heterocycles. The summed E-state index contributed by atoms with van der Waals surface area (Å²) in [5.74, 6) is 0.776. The van der Waals surface area contributed by atoms with Crippen LogP contribution in [-0.2, 0) is 17.9 Å². The molecule has 0 spiro atoms. The first-order valence-electron chi connectivity index (χ1n) is 8.52. The number of carbonyl (C=O) groups excluding carboxylic acids is 1. The van der Waals surface area contributed by atoms with Gasteiger partial charge in [0, 0.05) is 25.7 Å². The third kappa shape index (κ3) is 3.21. The molecular weight excluding hydrogens is 325 g/mol. The van der Waals surface area contributed by atoms with Gasteiger partial charge in [0.25, 0.3) is 5.91 Å². The number of rotatable bonds is 4. The molecule has 0 aromatic carbocycles. The topological polar surface area (TPSA) is 72.3 Å². The number of imidazole rings is 1. The molecule has 4 heterocycles. The molecule has 1 fully saturated rings. The zero-order chi connectivity index (χ0) is 17.2. The number of aromatic nitrogens is 3. The molecule has 1 atom stereocenters. The van der Waals surface area contributed by atoms with Gasteiger partial charge in [-0.1, -0.05) is 6.07 Å². The zero-order valence-electron chi connectivity index (χ0n) is 13.8. The summed E-state index contributed by atoms with van der Waals surface area (Å²) in [4.78, 5) is 22.8. The number of amides is 1. The fraction of sp³-hybridized carbons (Fsp3) is 0.471. The molecule has 132 valence electrons. The maximum absolute atomic E-state index is 13.4. The lowest BCUT2D eigenvalue weighted by Gasteiger charge is -2.26. The lowest BCUT2D eigenvalue weighted by molar-refractivity contribution is 0.0778. The minimum Gasteiger partial charge on any atom is -0.372 e. The number of hydrogen-bond donors (Lipinski definition) is 1. The second kappa shape index (κ2) is 6.79. The Balaban J connectivity index is 1.42. The Kier molecular flexibility index (Phi) is 4.35. The van der Waals surface area contributed by atoms with E-state index in [2.05, 4.69) is 20.2 Å². The Morgan fingerprint density at radius 2 is 2.32 bits per heavy atom. The molecule has 1 saturated heterocycles. The summed E-state index contributed by atoms with van der Waals surface area (Å²) in [5, 5.41) is 2.99. The van der Waals surface area contributed by atoms with Crippen LogP contribution in [0.15, 0.2) is 24.4 Å². The maximum atomic E-state index is 13.4. The van der Waals surface area contributed by atoms with E-state index in [9.17, 15) is 9.18 Å². The van der Waals surface area contributed by atoms with Crippen molar-refractivity contribution < 1.29 is 13.9 Å². The van der Waals surface area contributed by atoms with Gasteiger partial charge in [-0.15, -0.1) is 0 Å². The molecule has 7 nitrogen and oxygen atoms in total. The third-order valence-corrected chi connectivity index (χ3v) is 4.73. The lowest BCUT2D eigenvalue weighted by atomic mass is 10.2. The molecule has 25 heavy (non-hydrogen) atoms. The first kappa shape index (κ1) is 16.0. The van der Waals surface area contributed by atoms with Crippen molar-refractivity contribution in [2.75, 3.05) is 24.6 Å². The van der Waals surface area contributed by atoms with Crippen LogP contribution in [0.5, 0.6) is 0 Å². The molecule has 0 bridgehead atoms. The average Bonchev–Trinajstić information content (AvgIpc) is 3.26. The highest BCUT2D eigenvalue weighted by atomic mass is 19.1. The van der Waals surface area contributed by atoms with Crippen LogP contribution < -0.4 is 10.2 Å². The normalized spacial score (nSPS) is 19.7. The summed E-state index contributed by atoms with van der Waals surface area (Å²) >= 11 is 0. The van der Waals surface area contributed by atoms with E-state index in [1.54, 1.807) is 18.3 Å². The molecule has 8 heteroatoms. The highest BCUT2D eigenvalue weighted by Gasteiger charge is 2.27. The van der Waals surface area contributed by atoms with Crippen LogP contribution in [-0.4, -0.2) is 46.2 Å². The monoisotopic (exact) mass is 345 g/mol. The van der Waals surface area contributed by atoms with Crippen LogP contribution in [0, 0.1) is 5.95 Å². The van der Waals surface area contributed by atoms with Crippen molar-refractivity contribution in [1.29, 1.82) is 0 Å². The summed E-state index contributed by atoms with van der Waals surface area (Å²) in [5.41, 5.74) is 0.562. The number of carbonyl (C=O) groups is 1. The van der Waals surface area contributed by atoms with E-state index in [1.807, 2.05) is 4.57 Å². The zero-order valence-corrected chi connectivity index (χ0v) is 13.8. The summed E-state index contributed by atoms with van der Waals surface area (Å²) in [7, 11) is 0. The summed E-state index contributed by atoms with van der Waals surface area (Å²) in [6.45, 7) is 2.98. The highest BCUT2D eigenvalue weighted by Crippen LogP contribution is 2.23. The van der Waals surface area contributed by atoms with E-state index < -0.39 is 5.95 Å². The van der Waals surface area contributed by atoms with E-state index in [0.29, 0.717) is 37.8 Å². The highest BCUT2D eigenvalue weighted by molar-refractivity contribution is 5.92. The number of nitrogens with zero attached hydrogens (tertiary/aromatic N) is 4. The van der Waals surface area contributed by atoms with Crippen LogP contribution in [0.3, 0.4) is 0 Å². The Labute approximate surface area is 144 Å². The molecule has 1 N–H and O–H groups in total. The Bertz CT molecular complexity index is 778. The Hall–Kier alpha value is -2.48. The lowest BCUT2D eigenvalue weighted by Crippen LogP contribution is -2.41.